The van der Waals surface area contributed by atoms with Gasteiger partial charge in [0.25, 0.3) is 0 Å². The summed E-state index contributed by atoms with van der Waals surface area (Å²) in [5.41, 5.74) is 3.31. The SMILES string of the molecule is COc1ccccc1CNC(=O)[C@@H](C)N(c1ccc(C)c(C)c1)S(C)(=O)=O. The van der Waals surface area contributed by atoms with E-state index >= 15 is 0 Å². The predicted molar refractivity (Wildman–Crippen MR) is 108 cm³/mol. The zero-order chi connectivity index (χ0) is 20.2. The Morgan fingerprint density at radius 3 is 2.41 bits per heavy atom. The molecule has 0 spiro atoms. The van der Waals surface area contributed by atoms with Crippen molar-refractivity contribution in [2.45, 2.75) is 33.4 Å². The van der Waals surface area contributed by atoms with E-state index in [1.54, 1.807) is 26.2 Å². The Kier molecular flexibility index (Phi) is 6.49. The number of nitrogens with one attached hydrogen (secondary N) is 1. The zero-order valence-electron chi connectivity index (χ0n) is 16.3. The van der Waals surface area contributed by atoms with Gasteiger partial charge in [0.1, 0.15) is 11.8 Å². The third kappa shape index (κ3) is 5.01. The highest BCUT2D eigenvalue weighted by Crippen LogP contribution is 2.24. The highest BCUT2D eigenvalue weighted by Gasteiger charge is 2.29. The fourth-order valence-electron chi connectivity index (χ4n) is 2.85. The van der Waals surface area contributed by atoms with Gasteiger partial charge in [0.15, 0.2) is 0 Å². The van der Waals surface area contributed by atoms with Crippen molar-refractivity contribution in [3.63, 3.8) is 0 Å². The van der Waals surface area contributed by atoms with Crippen molar-refractivity contribution in [2.75, 3.05) is 17.7 Å². The molecule has 1 atom stereocenters. The quantitative estimate of drug-likeness (QED) is 0.789. The van der Waals surface area contributed by atoms with Crippen molar-refractivity contribution < 1.29 is 17.9 Å². The van der Waals surface area contributed by atoms with Gasteiger partial charge < -0.3 is 10.1 Å². The molecule has 0 saturated carbocycles. The van der Waals surface area contributed by atoms with Gasteiger partial charge in [0.2, 0.25) is 15.9 Å². The Labute approximate surface area is 161 Å². The van der Waals surface area contributed by atoms with Gasteiger partial charge in [-0.1, -0.05) is 24.3 Å². The molecule has 2 aromatic carbocycles. The van der Waals surface area contributed by atoms with Crippen LogP contribution in [-0.2, 0) is 21.4 Å². The van der Waals surface area contributed by atoms with Crippen LogP contribution in [0.4, 0.5) is 5.69 Å². The van der Waals surface area contributed by atoms with Crippen LogP contribution in [0.3, 0.4) is 0 Å². The number of hydrogen-bond acceptors (Lipinski definition) is 4. The molecule has 0 aromatic heterocycles. The monoisotopic (exact) mass is 390 g/mol. The topological polar surface area (TPSA) is 75.7 Å². The largest absolute Gasteiger partial charge is 0.496 e. The number of nitrogens with zero attached hydrogens (tertiary/aromatic N) is 1. The molecule has 146 valence electrons. The number of para-hydroxylation sites is 1. The van der Waals surface area contributed by atoms with Crippen LogP contribution in [0, 0.1) is 13.8 Å². The average Bonchev–Trinajstić information content (AvgIpc) is 2.61. The number of ether oxygens (including phenoxy) is 1. The molecule has 0 aliphatic rings. The van der Waals surface area contributed by atoms with Crippen molar-refractivity contribution >= 4 is 21.6 Å². The Morgan fingerprint density at radius 2 is 1.81 bits per heavy atom. The first-order valence-corrected chi connectivity index (χ1v) is 10.5. The summed E-state index contributed by atoms with van der Waals surface area (Å²) in [6.07, 6.45) is 1.10. The second kappa shape index (κ2) is 8.43. The lowest BCUT2D eigenvalue weighted by molar-refractivity contribution is -0.122. The smallest absolute Gasteiger partial charge is 0.243 e. The van der Waals surface area contributed by atoms with Gasteiger partial charge in [-0.15, -0.1) is 0 Å². The van der Waals surface area contributed by atoms with Crippen LogP contribution < -0.4 is 14.4 Å². The fraction of sp³-hybridized carbons (Fsp3) is 0.350. The first-order chi connectivity index (χ1) is 12.6. The molecule has 0 aliphatic heterocycles. The van der Waals surface area contributed by atoms with Gasteiger partial charge in [-0.05, 0) is 50.1 Å². The van der Waals surface area contributed by atoms with Gasteiger partial charge in [0, 0.05) is 12.1 Å². The Balaban J connectivity index is 2.23. The molecule has 0 heterocycles. The van der Waals surface area contributed by atoms with Gasteiger partial charge in [0.05, 0.1) is 19.1 Å². The van der Waals surface area contributed by atoms with E-state index in [4.69, 9.17) is 4.74 Å². The number of sulfonamides is 1. The summed E-state index contributed by atoms with van der Waals surface area (Å²) in [6, 6.07) is 11.8. The minimum absolute atomic E-state index is 0.248. The lowest BCUT2D eigenvalue weighted by atomic mass is 10.1. The molecule has 0 fully saturated rings. The molecule has 0 bridgehead atoms. The number of aryl methyl sites for hydroxylation is 2. The molecule has 27 heavy (non-hydrogen) atoms. The number of carbonyl (C=O) groups excluding carboxylic acids is 1. The first kappa shape index (κ1) is 20.8. The standard InChI is InChI=1S/C20H26N2O4S/c1-14-10-11-18(12-15(14)2)22(27(5,24)25)16(3)20(23)21-13-17-8-6-7-9-19(17)26-4/h6-12,16H,13H2,1-5H3,(H,21,23)/t16-/m1/s1. The summed E-state index contributed by atoms with van der Waals surface area (Å²) in [5.74, 6) is 0.282. The number of amides is 1. The second-order valence-electron chi connectivity index (χ2n) is 6.53. The van der Waals surface area contributed by atoms with Crippen molar-refractivity contribution in [1.29, 1.82) is 0 Å². The van der Waals surface area contributed by atoms with Crippen LogP contribution in [0.2, 0.25) is 0 Å². The molecule has 1 amide bonds. The van der Waals surface area contributed by atoms with Crippen molar-refractivity contribution in [1.82, 2.24) is 5.32 Å². The maximum Gasteiger partial charge on any atom is 0.243 e. The molecular weight excluding hydrogens is 364 g/mol. The zero-order valence-corrected chi connectivity index (χ0v) is 17.1. The summed E-state index contributed by atoms with van der Waals surface area (Å²) in [6.45, 7) is 5.69. The molecule has 0 unspecified atom stereocenters. The number of anilines is 1. The summed E-state index contributed by atoms with van der Waals surface area (Å²) in [4.78, 5) is 12.7. The molecule has 0 radical (unpaired) electrons. The second-order valence-corrected chi connectivity index (χ2v) is 8.39. The summed E-state index contributed by atoms with van der Waals surface area (Å²) >= 11 is 0. The number of benzene rings is 2. The normalized spacial score (nSPS) is 12.3. The first-order valence-electron chi connectivity index (χ1n) is 8.61. The Morgan fingerprint density at radius 1 is 1.15 bits per heavy atom. The number of carbonyl (C=O) groups is 1. The van der Waals surface area contributed by atoms with E-state index in [-0.39, 0.29) is 12.5 Å². The number of methoxy groups -OCH3 is 1. The van der Waals surface area contributed by atoms with E-state index in [0.717, 1.165) is 27.3 Å². The van der Waals surface area contributed by atoms with E-state index in [9.17, 15) is 13.2 Å². The molecule has 2 rings (SSSR count). The average molecular weight is 391 g/mol. The molecule has 1 N–H and O–H groups in total. The molecule has 6 nitrogen and oxygen atoms in total. The molecule has 7 heteroatoms. The van der Waals surface area contributed by atoms with Crippen LogP contribution in [0.15, 0.2) is 42.5 Å². The summed E-state index contributed by atoms with van der Waals surface area (Å²) in [7, 11) is -2.08. The van der Waals surface area contributed by atoms with Gasteiger partial charge in [-0.3, -0.25) is 9.10 Å². The van der Waals surface area contributed by atoms with Crippen LogP contribution in [0.25, 0.3) is 0 Å². The Hall–Kier alpha value is -2.54. The maximum atomic E-state index is 12.7. The van der Waals surface area contributed by atoms with Crippen LogP contribution in [-0.4, -0.2) is 33.7 Å². The fourth-order valence-corrected chi connectivity index (χ4v) is 4.02. The van der Waals surface area contributed by atoms with Gasteiger partial charge in [-0.25, -0.2) is 8.42 Å². The minimum atomic E-state index is -3.64. The minimum Gasteiger partial charge on any atom is -0.496 e. The lowest BCUT2D eigenvalue weighted by Crippen LogP contribution is -2.47. The molecule has 2 aromatic rings. The highest BCUT2D eigenvalue weighted by atomic mass is 32.2. The van der Waals surface area contributed by atoms with Crippen LogP contribution in [0.5, 0.6) is 5.75 Å². The third-order valence-corrected chi connectivity index (χ3v) is 5.72. The number of hydrogen-bond donors (Lipinski definition) is 1. The summed E-state index contributed by atoms with van der Waals surface area (Å²) < 4.78 is 31.2. The highest BCUT2D eigenvalue weighted by molar-refractivity contribution is 7.92. The number of rotatable bonds is 7. The lowest BCUT2D eigenvalue weighted by Gasteiger charge is -2.28. The van der Waals surface area contributed by atoms with Crippen LogP contribution in [0.1, 0.15) is 23.6 Å². The van der Waals surface area contributed by atoms with Crippen molar-refractivity contribution in [3.05, 3.63) is 59.2 Å². The van der Waals surface area contributed by atoms with E-state index < -0.39 is 16.1 Å². The Bertz CT molecular complexity index is 925. The van der Waals surface area contributed by atoms with Gasteiger partial charge in [-0.2, -0.15) is 0 Å². The van der Waals surface area contributed by atoms with E-state index in [2.05, 4.69) is 5.32 Å². The maximum absolute atomic E-state index is 12.7. The molecule has 0 saturated heterocycles. The molecular formula is C20H26N2O4S. The van der Waals surface area contributed by atoms with Crippen molar-refractivity contribution in [3.8, 4) is 5.75 Å². The van der Waals surface area contributed by atoms with E-state index in [0.29, 0.717) is 11.4 Å². The predicted octanol–water partition coefficient (Wildman–Crippen LogP) is 2.78. The third-order valence-electron chi connectivity index (χ3n) is 4.48. The molecule has 0 aliphatic carbocycles. The van der Waals surface area contributed by atoms with Gasteiger partial charge >= 0.3 is 0 Å². The van der Waals surface area contributed by atoms with E-state index in [1.807, 2.05) is 44.2 Å². The van der Waals surface area contributed by atoms with Crippen molar-refractivity contribution in [2.24, 2.45) is 0 Å². The van der Waals surface area contributed by atoms with Crippen LogP contribution >= 0.6 is 0 Å². The summed E-state index contributed by atoms with van der Waals surface area (Å²) in [5, 5.41) is 2.80. The van der Waals surface area contributed by atoms with E-state index in [1.165, 1.54) is 0 Å².